The van der Waals surface area contributed by atoms with Crippen molar-refractivity contribution in [1.29, 1.82) is 0 Å². The molecule has 20 heavy (non-hydrogen) atoms. The molecule has 1 amide bonds. The van der Waals surface area contributed by atoms with Crippen LogP contribution in [0, 0.1) is 5.82 Å². The quantitative estimate of drug-likeness (QED) is 0.895. The van der Waals surface area contributed by atoms with Crippen LogP contribution < -0.4 is 10.6 Å². The lowest BCUT2D eigenvalue weighted by atomic mass is 10.3. The van der Waals surface area contributed by atoms with Crippen LogP contribution >= 0.6 is 0 Å². The van der Waals surface area contributed by atoms with Gasteiger partial charge in [-0.05, 0) is 31.0 Å². The van der Waals surface area contributed by atoms with E-state index in [4.69, 9.17) is 0 Å². The first kappa shape index (κ1) is 12.5. The fraction of sp³-hybridized carbons (Fsp3) is 0.214. The molecule has 1 fully saturated rings. The number of carbonyl (C=O) groups is 1. The van der Waals surface area contributed by atoms with Crippen molar-refractivity contribution in [3.8, 4) is 0 Å². The van der Waals surface area contributed by atoms with E-state index in [-0.39, 0.29) is 11.7 Å². The van der Waals surface area contributed by atoms with Gasteiger partial charge in [0.25, 0.3) is 5.91 Å². The summed E-state index contributed by atoms with van der Waals surface area (Å²) in [4.78, 5) is 19.8. The number of halogens is 1. The number of aromatic nitrogens is 2. The Kier molecular flexibility index (Phi) is 3.28. The van der Waals surface area contributed by atoms with Crippen LogP contribution in [0.2, 0.25) is 0 Å². The molecule has 1 aromatic heterocycles. The van der Waals surface area contributed by atoms with Gasteiger partial charge in [0.15, 0.2) is 0 Å². The molecule has 1 heterocycles. The van der Waals surface area contributed by atoms with Gasteiger partial charge in [-0.3, -0.25) is 4.79 Å². The van der Waals surface area contributed by atoms with Gasteiger partial charge < -0.3 is 10.6 Å². The van der Waals surface area contributed by atoms with Gasteiger partial charge in [-0.1, -0.05) is 6.07 Å². The van der Waals surface area contributed by atoms with E-state index in [1.807, 2.05) is 0 Å². The van der Waals surface area contributed by atoms with Crippen molar-refractivity contribution in [3.63, 3.8) is 0 Å². The zero-order valence-corrected chi connectivity index (χ0v) is 10.6. The monoisotopic (exact) mass is 272 g/mol. The minimum atomic E-state index is -0.338. The summed E-state index contributed by atoms with van der Waals surface area (Å²) in [6, 6.07) is 6.30. The van der Waals surface area contributed by atoms with Gasteiger partial charge in [0.05, 0.1) is 5.56 Å². The zero-order chi connectivity index (χ0) is 13.9. The molecule has 2 aromatic rings. The summed E-state index contributed by atoms with van der Waals surface area (Å²) in [5.41, 5.74) is 0.974. The lowest BCUT2D eigenvalue weighted by Gasteiger charge is -2.06. The van der Waals surface area contributed by atoms with Crippen LogP contribution in [0.5, 0.6) is 0 Å². The maximum absolute atomic E-state index is 13.0. The Labute approximate surface area is 115 Å². The fourth-order valence-corrected chi connectivity index (χ4v) is 1.70. The highest BCUT2D eigenvalue weighted by Gasteiger charge is 2.23. The highest BCUT2D eigenvalue weighted by Crippen LogP contribution is 2.19. The van der Waals surface area contributed by atoms with E-state index in [9.17, 15) is 9.18 Å². The topological polar surface area (TPSA) is 66.9 Å². The first-order chi connectivity index (χ1) is 9.70. The molecule has 0 saturated heterocycles. The standard InChI is InChI=1S/C14H13FN4O/c15-10-2-1-3-12(6-10)19-14-16-7-9(8-17-14)13(20)18-11-4-5-11/h1-3,6-8,11H,4-5H2,(H,18,20)(H,16,17,19). The number of hydrogen-bond donors (Lipinski definition) is 2. The Balaban J connectivity index is 1.67. The molecule has 1 saturated carbocycles. The summed E-state index contributed by atoms with van der Waals surface area (Å²) in [5.74, 6) is -0.182. The summed E-state index contributed by atoms with van der Waals surface area (Å²) in [6.07, 6.45) is 4.97. The lowest BCUT2D eigenvalue weighted by Crippen LogP contribution is -2.25. The van der Waals surface area contributed by atoms with E-state index < -0.39 is 0 Å². The van der Waals surface area contributed by atoms with Gasteiger partial charge in [0.2, 0.25) is 5.95 Å². The van der Waals surface area contributed by atoms with Crippen LogP contribution in [-0.2, 0) is 0 Å². The third-order valence-electron chi connectivity index (χ3n) is 2.91. The normalized spacial score (nSPS) is 13.8. The van der Waals surface area contributed by atoms with E-state index in [1.165, 1.54) is 24.5 Å². The molecule has 2 N–H and O–H groups in total. The highest BCUT2D eigenvalue weighted by molar-refractivity contribution is 5.94. The second kappa shape index (κ2) is 5.24. The molecule has 1 aromatic carbocycles. The van der Waals surface area contributed by atoms with Crippen LogP contribution in [-0.4, -0.2) is 21.9 Å². The van der Waals surface area contributed by atoms with E-state index in [2.05, 4.69) is 20.6 Å². The summed E-state index contributed by atoms with van der Waals surface area (Å²) in [7, 11) is 0. The summed E-state index contributed by atoms with van der Waals surface area (Å²) >= 11 is 0. The average Bonchev–Trinajstić information content (AvgIpc) is 3.23. The summed E-state index contributed by atoms with van der Waals surface area (Å²) < 4.78 is 13.0. The Morgan fingerprint density at radius 1 is 1.25 bits per heavy atom. The number of amides is 1. The Bertz CT molecular complexity index is 625. The van der Waals surface area contributed by atoms with Crippen LogP contribution in [0.15, 0.2) is 36.7 Å². The van der Waals surface area contributed by atoms with Gasteiger partial charge in [-0.2, -0.15) is 0 Å². The van der Waals surface area contributed by atoms with E-state index in [0.717, 1.165) is 12.8 Å². The lowest BCUT2D eigenvalue weighted by molar-refractivity contribution is 0.0950. The van der Waals surface area contributed by atoms with Gasteiger partial charge >= 0.3 is 0 Å². The van der Waals surface area contributed by atoms with Crippen molar-refractivity contribution in [2.45, 2.75) is 18.9 Å². The van der Waals surface area contributed by atoms with Crippen LogP contribution in [0.3, 0.4) is 0 Å². The minimum absolute atomic E-state index is 0.162. The third-order valence-corrected chi connectivity index (χ3v) is 2.91. The second-order valence-corrected chi connectivity index (χ2v) is 4.68. The minimum Gasteiger partial charge on any atom is -0.349 e. The molecule has 102 valence electrons. The molecule has 6 heteroatoms. The Morgan fingerprint density at radius 3 is 2.65 bits per heavy atom. The van der Waals surface area contributed by atoms with Crippen molar-refractivity contribution in [2.75, 3.05) is 5.32 Å². The molecule has 0 atom stereocenters. The van der Waals surface area contributed by atoms with Crippen LogP contribution in [0.4, 0.5) is 16.0 Å². The van der Waals surface area contributed by atoms with E-state index in [0.29, 0.717) is 23.2 Å². The SMILES string of the molecule is O=C(NC1CC1)c1cnc(Nc2cccc(F)c2)nc1. The predicted octanol–water partition coefficient (Wildman–Crippen LogP) is 2.25. The number of benzene rings is 1. The molecular formula is C14H13FN4O. The largest absolute Gasteiger partial charge is 0.349 e. The van der Waals surface area contributed by atoms with Gasteiger partial charge in [0, 0.05) is 24.1 Å². The van der Waals surface area contributed by atoms with Crippen molar-refractivity contribution in [1.82, 2.24) is 15.3 Å². The summed E-state index contributed by atoms with van der Waals surface area (Å²) in [6.45, 7) is 0. The maximum Gasteiger partial charge on any atom is 0.254 e. The molecule has 3 rings (SSSR count). The molecule has 0 unspecified atom stereocenters. The molecule has 1 aliphatic rings. The van der Waals surface area contributed by atoms with Crippen molar-refractivity contribution >= 4 is 17.5 Å². The predicted molar refractivity (Wildman–Crippen MR) is 72.2 cm³/mol. The van der Waals surface area contributed by atoms with Gasteiger partial charge in [-0.15, -0.1) is 0 Å². The number of carbonyl (C=O) groups excluding carboxylic acids is 1. The number of nitrogens with zero attached hydrogens (tertiary/aromatic N) is 2. The molecule has 0 aliphatic heterocycles. The highest BCUT2D eigenvalue weighted by atomic mass is 19.1. The third kappa shape index (κ3) is 3.09. The first-order valence-corrected chi connectivity index (χ1v) is 6.36. The molecule has 0 spiro atoms. The second-order valence-electron chi connectivity index (χ2n) is 4.68. The van der Waals surface area contributed by atoms with Crippen molar-refractivity contribution in [3.05, 3.63) is 48.0 Å². The number of rotatable bonds is 4. The van der Waals surface area contributed by atoms with E-state index in [1.54, 1.807) is 12.1 Å². The number of nitrogens with one attached hydrogen (secondary N) is 2. The van der Waals surface area contributed by atoms with Crippen LogP contribution in [0.1, 0.15) is 23.2 Å². The molecule has 1 aliphatic carbocycles. The smallest absolute Gasteiger partial charge is 0.254 e. The van der Waals surface area contributed by atoms with E-state index >= 15 is 0 Å². The fourth-order valence-electron chi connectivity index (χ4n) is 1.70. The van der Waals surface area contributed by atoms with Crippen molar-refractivity contribution < 1.29 is 9.18 Å². The van der Waals surface area contributed by atoms with Crippen LogP contribution in [0.25, 0.3) is 0 Å². The molecular weight excluding hydrogens is 259 g/mol. The summed E-state index contributed by atoms with van der Waals surface area (Å²) in [5, 5.41) is 5.73. The van der Waals surface area contributed by atoms with Gasteiger partial charge in [-0.25, -0.2) is 14.4 Å². The molecule has 5 nitrogen and oxygen atoms in total. The Morgan fingerprint density at radius 2 is 2.00 bits per heavy atom. The zero-order valence-electron chi connectivity index (χ0n) is 10.6. The number of anilines is 2. The molecule has 0 bridgehead atoms. The first-order valence-electron chi connectivity index (χ1n) is 6.36. The average molecular weight is 272 g/mol. The number of hydrogen-bond acceptors (Lipinski definition) is 4. The Hall–Kier alpha value is -2.50. The molecule has 0 radical (unpaired) electrons. The van der Waals surface area contributed by atoms with Crippen molar-refractivity contribution in [2.24, 2.45) is 0 Å². The van der Waals surface area contributed by atoms with Gasteiger partial charge in [0.1, 0.15) is 5.82 Å². The maximum atomic E-state index is 13.0.